The number of H-pyrrole nitrogens is 1. The van der Waals surface area contributed by atoms with Gasteiger partial charge in [0.15, 0.2) is 0 Å². The number of nitrogens with one attached hydrogen (secondary N) is 1. The average Bonchev–Trinajstić information content (AvgIpc) is 3.41. The number of aromatic nitrogens is 3. The number of thiazole rings is 1. The molecule has 0 unspecified atom stereocenters. The largest absolute Gasteiger partial charge is 0.336 e. The van der Waals surface area contributed by atoms with Gasteiger partial charge in [-0.25, -0.2) is 4.98 Å². The average molecular weight is 404 g/mol. The highest BCUT2D eigenvalue weighted by molar-refractivity contribution is 7.13. The maximum absolute atomic E-state index is 12.7. The van der Waals surface area contributed by atoms with Crippen LogP contribution in [0, 0.1) is 0 Å². The highest BCUT2D eigenvalue weighted by Gasteiger charge is 2.20. The van der Waals surface area contributed by atoms with E-state index in [1.807, 2.05) is 58.8 Å². The van der Waals surface area contributed by atoms with Crippen LogP contribution in [0.25, 0.3) is 32.9 Å². The summed E-state index contributed by atoms with van der Waals surface area (Å²) in [6.45, 7) is 3.41. The van der Waals surface area contributed by atoms with Crippen molar-refractivity contribution in [3.63, 3.8) is 0 Å². The van der Waals surface area contributed by atoms with Crippen molar-refractivity contribution in [2.24, 2.45) is 0 Å². The second-order valence-corrected chi connectivity index (χ2v) is 8.19. The standard InChI is InChI=1S/C22H21N5OS/c1-26-10-12-27(13-11-26)22(28)16-8-6-15(7-9-16)19-14-29-21(23-19)20-17-4-2-3-5-18(17)24-25-20/h2-9,14H,10-13H2,1H3,(H,24,25). The number of amides is 1. The summed E-state index contributed by atoms with van der Waals surface area (Å²) < 4.78 is 0. The number of fused-ring (bicyclic) bond motifs is 1. The van der Waals surface area contributed by atoms with Crippen molar-refractivity contribution >= 4 is 28.1 Å². The Balaban J connectivity index is 1.36. The highest BCUT2D eigenvalue weighted by atomic mass is 32.1. The lowest BCUT2D eigenvalue weighted by molar-refractivity contribution is 0.0664. The summed E-state index contributed by atoms with van der Waals surface area (Å²) >= 11 is 1.58. The Hall–Kier alpha value is -3.03. The van der Waals surface area contributed by atoms with Gasteiger partial charge in [-0.05, 0) is 25.2 Å². The van der Waals surface area contributed by atoms with Crippen molar-refractivity contribution in [3.8, 4) is 22.0 Å². The van der Waals surface area contributed by atoms with E-state index in [9.17, 15) is 4.79 Å². The summed E-state index contributed by atoms with van der Waals surface area (Å²) in [5, 5.41) is 11.5. The van der Waals surface area contributed by atoms with Gasteiger partial charge < -0.3 is 9.80 Å². The lowest BCUT2D eigenvalue weighted by atomic mass is 10.1. The van der Waals surface area contributed by atoms with Gasteiger partial charge >= 0.3 is 0 Å². The smallest absolute Gasteiger partial charge is 0.253 e. The Bertz CT molecular complexity index is 1160. The van der Waals surface area contributed by atoms with Crippen LogP contribution in [0.4, 0.5) is 0 Å². The molecule has 1 aliphatic rings. The third-order valence-electron chi connectivity index (χ3n) is 5.40. The number of aromatic amines is 1. The lowest BCUT2D eigenvalue weighted by Crippen LogP contribution is -2.47. The van der Waals surface area contributed by atoms with E-state index in [0.717, 1.165) is 64.6 Å². The van der Waals surface area contributed by atoms with Crippen molar-refractivity contribution in [2.75, 3.05) is 33.2 Å². The first kappa shape index (κ1) is 18.0. The Kier molecular flexibility index (Phi) is 4.61. The molecule has 0 bridgehead atoms. The summed E-state index contributed by atoms with van der Waals surface area (Å²) in [5.41, 5.74) is 4.51. The van der Waals surface area contributed by atoms with E-state index in [1.54, 1.807) is 11.3 Å². The van der Waals surface area contributed by atoms with Gasteiger partial charge in [0.1, 0.15) is 10.7 Å². The van der Waals surface area contributed by atoms with Crippen molar-refractivity contribution in [2.45, 2.75) is 0 Å². The molecule has 0 atom stereocenters. The van der Waals surface area contributed by atoms with Gasteiger partial charge in [0, 0.05) is 48.1 Å². The number of para-hydroxylation sites is 1. The number of benzene rings is 2. The maximum atomic E-state index is 12.7. The maximum Gasteiger partial charge on any atom is 0.253 e. The van der Waals surface area contributed by atoms with Crippen LogP contribution in [0.5, 0.6) is 0 Å². The Morgan fingerprint density at radius 2 is 1.79 bits per heavy atom. The number of hydrogen-bond acceptors (Lipinski definition) is 5. The van der Waals surface area contributed by atoms with Crippen LogP contribution in [0.15, 0.2) is 53.9 Å². The van der Waals surface area contributed by atoms with E-state index in [0.29, 0.717) is 0 Å². The third-order valence-corrected chi connectivity index (χ3v) is 6.24. The fourth-order valence-corrected chi connectivity index (χ4v) is 4.45. The van der Waals surface area contributed by atoms with Gasteiger partial charge in [0.25, 0.3) is 5.91 Å². The first-order chi connectivity index (χ1) is 14.2. The predicted octanol–water partition coefficient (Wildman–Crippen LogP) is 3.74. The SMILES string of the molecule is CN1CCN(C(=O)c2ccc(-c3csc(-c4n[nH]c5ccccc45)n3)cc2)CC1. The lowest BCUT2D eigenvalue weighted by Gasteiger charge is -2.32. The fourth-order valence-electron chi connectivity index (χ4n) is 3.62. The monoisotopic (exact) mass is 403 g/mol. The number of carbonyl (C=O) groups is 1. The van der Waals surface area contributed by atoms with Gasteiger partial charge in [-0.15, -0.1) is 11.3 Å². The van der Waals surface area contributed by atoms with Gasteiger partial charge in [0.05, 0.1) is 11.2 Å². The normalized spacial score (nSPS) is 15.1. The predicted molar refractivity (Wildman–Crippen MR) is 116 cm³/mol. The van der Waals surface area contributed by atoms with E-state index in [4.69, 9.17) is 4.98 Å². The molecule has 0 aliphatic carbocycles. The number of piperazine rings is 1. The molecule has 3 heterocycles. The summed E-state index contributed by atoms with van der Waals surface area (Å²) in [4.78, 5) is 21.7. The van der Waals surface area contributed by atoms with Crippen LogP contribution in [-0.4, -0.2) is 64.1 Å². The molecule has 1 aliphatic heterocycles. The minimum absolute atomic E-state index is 0.103. The molecular formula is C22H21N5OS. The molecule has 7 heteroatoms. The molecule has 6 nitrogen and oxygen atoms in total. The second kappa shape index (κ2) is 7.42. The van der Waals surface area contributed by atoms with E-state index >= 15 is 0 Å². The van der Waals surface area contributed by atoms with Crippen molar-refractivity contribution in [1.29, 1.82) is 0 Å². The van der Waals surface area contributed by atoms with Gasteiger partial charge in [-0.1, -0.05) is 30.3 Å². The molecular weight excluding hydrogens is 382 g/mol. The minimum atomic E-state index is 0.103. The first-order valence-electron chi connectivity index (χ1n) is 9.66. The van der Waals surface area contributed by atoms with Gasteiger partial charge in [0.2, 0.25) is 0 Å². The topological polar surface area (TPSA) is 65.1 Å². The number of nitrogens with zero attached hydrogens (tertiary/aromatic N) is 4. The second-order valence-electron chi connectivity index (χ2n) is 7.33. The van der Waals surface area contributed by atoms with Crippen molar-refractivity contribution in [3.05, 3.63) is 59.5 Å². The third kappa shape index (κ3) is 3.43. The Morgan fingerprint density at radius 1 is 1.03 bits per heavy atom. The van der Waals surface area contributed by atoms with E-state index < -0.39 is 0 Å². The zero-order chi connectivity index (χ0) is 19.8. The van der Waals surface area contributed by atoms with E-state index in [-0.39, 0.29) is 5.91 Å². The van der Waals surface area contributed by atoms with E-state index in [2.05, 4.69) is 22.1 Å². The zero-order valence-corrected chi connectivity index (χ0v) is 16.9. The molecule has 1 fully saturated rings. The number of rotatable bonds is 3. The zero-order valence-electron chi connectivity index (χ0n) is 16.1. The Labute approximate surface area is 172 Å². The van der Waals surface area contributed by atoms with E-state index in [1.165, 1.54) is 0 Å². The summed E-state index contributed by atoms with van der Waals surface area (Å²) in [7, 11) is 2.09. The molecule has 1 saturated heterocycles. The summed E-state index contributed by atoms with van der Waals surface area (Å²) in [6.07, 6.45) is 0. The summed E-state index contributed by atoms with van der Waals surface area (Å²) in [5.74, 6) is 0.103. The molecule has 2 aromatic heterocycles. The first-order valence-corrected chi connectivity index (χ1v) is 10.5. The van der Waals surface area contributed by atoms with Crippen LogP contribution in [0.3, 0.4) is 0 Å². The molecule has 146 valence electrons. The van der Waals surface area contributed by atoms with Gasteiger partial charge in [-0.2, -0.15) is 5.10 Å². The number of carbonyl (C=O) groups excluding carboxylic acids is 1. The Morgan fingerprint density at radius 3 is 2.59 bits per heavy atom. The van der Waals surface area contributed by atoms with Gasteiger partial charge in [-0.3, -0.25) is 9.89 Å². The number of likely N-dealkylation sites (N-methyl/N-ethyl adjacent to an activating group) is 1. The fraction of sp³-hybridized carbons (Fsp3) is 0.227. The molecule has 2 aromatic carbocycles. The van der Waals surface area contributed by atoms with Crippen LogP contribution in [0.1, 0.15) is 10.4 Å². The molecule has 1 amide bonds. The van der Waals surface area contributed by atoms with Crippen LogP contribution >= 0.6 is 11.3 Å². The minimum Gasteiger partial charge on any atom is -0.336 e. The van der Waals surface area contributed by atoms with Crippen LogP contribution < -0.4 is 0 Å². The molecule has 29 heavy (non-hydrogen) atoms. The van der Waals surface area contributed by atoms with Crippen molar-refractivity contribution in [1.82, 2.24) is 25.0 Å². The molecule has 0 radical (unpaired) electrons. The van der Waals surface area contributed by atoms with Crippen LogP contribution in [0.2, 0.25) is 0 Å². The molecule has 1 N–H and O–H groups in total. The quantitative estimate of drug-likeness (QED) is 0.566. The molecule has 0 spiro atoms. The van der Waals surface area contributed by atoms with Crippen LogP contribution in [-0.2, 0) is 0 Å². The highest BCUT2D eigenvalue weighted by Crippen LogP contribution is 2.32. The molecule has 4 aromatic rings. The number of hydrogen-bond donors (Lipinski definition) is 1. The molecule has 5 rings (SSSR count). The summed E-state index contributed by atoms with van der Waals surface area (Å²) in [6, 6.07) is 15.8. The van der Waals surface area contributed by atoms with Crippen molar-refractivity contribution < 1.29 is 4.79 Å². The molecule has 0 saturated carbocycles.